The highest BCUT2D eigenvalue weighted by Gasteiger charge is 2.15. The van der Waals surface area contributed by atoms with Gasteiger partial charge in [0.1, 0.15) is 11.3 Å². The van der Waals surface area contributed by atoms with E-state index in [1.807, 2.05) is 5.48 Å². The maximum atomic E-state index is 13.8. The van der Waals surface area contributed by atoms with E-state index >= 15 is 0 Å². The third kappa shape index (κ3) is 2.88. The smallest absolute Gasteiger partial charge is 0.198 e. The Morgan fingerprint density at radius 3 is 2.70 bits per heavy atom. The van der Waals surface area contributed by atoms with Crippen molar-refractivity contribution in [3.8, 4) is 0 Å². The Kier molecular flexibility index (Phi) is 3.97. The van der Waals surface area contributed by atoms with Gasteiger partial charge in [-0.25, -0.2) is 18.8 Å². The van der Waals surface area contributed by atoms with Crippen LogP contribution >= 0.6 is 15.9 Å². The van der Waals surface area contributed by atoms with Crippen molar-refractivity contribution in [1.82, 2.24) is 15.4 Å². The van der Waals surface area contributed by atoms with Crippen molar-refractivity contribution in [3.05, 3.63) is 52.0 Å². The highest BCUT2D eigenvalue weighted by Crippen LogP contribution is 2.25. The van der Waals surface area contributed by atoms with Crippen LogP contribution in [0.15, 0.2) is 39.8 Å². The Morgan fingerprint density at radius 2 is 2.00 bits per heavy atom. The molecule has 0 radical (unpaired) electrons. The average molecular weight is 382 g/mol. The number of imidazole rings is 1. The summed E-state index contributed by atoms with van der Waals surface area (Å²) in [4.78, 5) is 10.7. The van der Waals surface area contributed by atoms with E-state index in [2.05, 4.69) is 30.9 Å². The number of H-pyrrole nitrogens is 1. The Labute approximate surface area is 137 Å². The van der Waals surface area contributed by atoms with E-state index in [9.17, 15) is 14.0 Å². The summed E-state index contributed by atoms with van der Waals surface area (Å²) in [6.07, 6.45) is 0. The maximum absolute atomic E-state index is 13.8. The second kappa shape index (κ2) is 5.94. The number of benzene rings is 2. The summed E-state index contributed by atoms with van der Waals surface area (Å²) in [5, 5.41) is 9.37. The van der Waals surface area contributed by atoms with E-state index in [0.717, 1.165) is 0 Å². The quantitative estimate of drug-likeness (QED) is 0.311. The van der Waals surface area contributed by atoms with Crippen LogP contribution in [0.25, 0.3) is 11.0 Å². The van der Waals surface area contributed by atoms with Gasteiger partial charge in [-0.3, -0.25) is 10.7 Å². The predicted octanol–water partition coefficient (Wildman–Crippen LogP) is 3.24. The Hall–Kier alpha value is -2.52. The molecule has 0 unspecified atom stereocenters. The van der Waals surface area contributed by atoms with Crippen LogP contribution in [0.2, 0.25) is 0 Å². The second-order valence-electron chi connectivity index (χ2n) is 4.61. The molecule has 0 spiro atoms. The van der Waals surface area contributed by atoms with Crippen molar-refractivity contribution in [2.45, 2.75) is 0 Å². The number of aromatic nitrogens is 2. The topological polar surface area (TPSA) is 99.3 Å². The number of amidine groups is 1. The molecule has 23 heavy (non-hydrogen) atoms. The summed E-state index contributed by atoms with van der Waals surface area (Å²) in [7, 11) is 0. The molecule has 9 heteroatoms. The number of rotatable bonds is 2. The van der Waals surface area contributed by atoms with Gasteiger partial charge in [-0.05, 0) is 46.3 Å². The van der Waals surface area contributed by atoms with Gasteiger partial charge in [0.05, 0.1) is 15.7 Å². The lowest BCUT2D eigenvalue weighted by atomic mass is 10.1. The SMILES string of the molecule is Nc1nc2c(F)ccc(C(=Nc3ccc(F)c(Br)c3)NO)c2[nH]1. The molecule has 0 amide bonds. The lowest BCUT2D eigenvalue weighted by Crippen LogP contribution is -2.20. The van der Waals surface area contributed by atoms with E-state index in [1.165, 1.54) is 30.3 Å². The van der Waals surface area contributed by atoms with E-state index in [0.29, 0.717) is 11.3 Å². The molecule has 0 fully saturated rings. The van der Waals surface area contributed by atoms with Crippen molar-refractivity contribution in [3.63, 3.8) is 0 Å². The summed E-state index contributed by atoms with van der Waals surface area (Å²) in [5.74, 6) is -0.934. The second-order valence-corrected chi connectivity index (χ2v) is 5.47. The minimum absolute atomic E-state index is 0.0251. The predicted molar refractivity (Wildman–Crippen MR) is 85.7 cm³/mol. The standard InChI is InChI=1S/C14H10BrF2N5O/c15-8-5-6(1-3-9(8)16)19-13(22-23)7-2-4-10(17)12-11(7)20-14(18)21-12/h1-5,23H,(H,19,22)(H3,18,20,21). The molecule has 0 saturated carbocycles. The summed E-state index contributed by atoms with van der Waals surface area (Å²) in [6, 6.07) is 6.70. The van der Waals surface area contributed by atoms with Crippen LogP contribution < -0.4 is 11.2 Å². The molecular formula is C14H10BrF2N5O. The molecule has 0 bridgehead atoms. The number of aliphatic imine (C=N–C) groups is 1. The number of hydroxylamine groups is 1. The first-order valence-electron chi connectivity index (χ1n) is 6.37. The summed E-state index contributed by atoms with van der Waals surface area (Å²) < 4.78 is 27.3. The minimum Gasteiger partial charge on any atom is -0.369 e. The molecule has 1 heterocycles. The number of aromatic amines is 1. The highest BCUT2D eigenvalue weighted by molar-refractivity contribution is 9.10. The maximum Gasteiger partial charge on any atom is 0.198 e. The molecular weight excluding hydrogens is 372 g/mol. The fourth-order valence-corrected chi connectivity index (χ4v) is 2.47. The van der Waals surface area contributed by atoms with Crippen LogP contribution in [0.1, 0.15) is 5.56 Å². The molecule has 0 aliphatic carbocycles. The zero-order chi connectivity index (χ0) is 16.6. The van der Waals surface area contributed by atoms with Crippen LogP contribution in [0.5, 0.6) is 0 Å². The molecule has 0 atom stereocenters. The third-order valence-corrected chi connectivity index (χ3v) is 3.73. The number of hydrogen-bond donors (Lipinski definition) is 4. The number of anilines is 1. The summed E-state index contributed by atoms with van der Waals surface area (Å²) in [6.45, 7) is 0. The van der Waals surface area contributed by atoms with Gasteiger partial charge >= 0.3 is 0 Å². The van der Waals surface area contributed by atoms with Gasteiger partial charge in [0, 0.05) is 5.56 Å². The van der Waals surface area contributed by atoms with Gasteiger partial charge in [-0.15, -0.1) is 0 Å². The summed E-state index contributed by atoms with van der Waals surface area (Å²) >= 11 is 3.06. The molecule has 6 nitrogen and oxygen atoms in total. The van der Waals surface area contributed by atoms with Crippen molar-refractivity contribution >= 4 is 44.4 Å². The van der Waals surface area contributed by atoms with Crippen molar-refractivity contribution in [2.24, 2.45) is 4.99 Å². The van der Waals surface area contributed by atoms with E-state index in [4.69, 9.17) is 5.73 Å². The average Bonchev–Trinajstić information content (AvgIpc) is 2.92. The molecule has 0 aliphatic heterocycles. The number of hydrogen-bond acceptors (Lipinski definition) is 4. The van der Waals surface area contributed by atoms with E-state index in [1.54, 1.807) is 0 Å². The molecule has 0 aliphatic rings. The normalized spacial score (nSPS) is 11.9. The molecule has 0 saturated heterocycles. The zero-order valence-corrected chi connectivity index (χ0v) is 13.0. The van der Waals surface area contributed by atoms with Gasteiger partial charge in [-0.1, -0.05) is 0 Å². The van der Waals surface area contributed by atoms with Gasteiger partial charge < -0.3 is 10.7 Å². The Morgan fingerprint density at radius 1 is 1.26 bits per heavy atom. The minimum atomic E-state index is -0.557. The fraction of sp³-hybridized carbons (Fsp3) is 0. The van der Waals surface area contributed by atoms with Crippen LogP contribution in [-0.4, -0.2) is 21.0 Å². The van der Waals surface area contributed by atoms with Crippen molar-refractivity contribution < 1.29 is 14.0 Å². The Bertz CT molecular complexity index is 925. The van der Waals surface area contributed by atoms with Crippen LogP contribution in [0, 0.1) is 11.6 Å². The van der Waals surface area contributed by atoms with Gasteiger partial charge in [-0.2, -0.15) is 0 Å². The number of fused-ring (bicyclic) bond motifs is 1. The van der Waals surface area contributed by atoms with Crippen LogP contribution in [-0.2, 0) is 0 Å². The first-order chi connectivity index (χ1) is 11.0. The van der Waals surface area contributed by atoms with Crippen LogP contribution in [0.4, 0.5) is 20.4 Å². The highest BCUT2D eigenvalue weighted by atomic mass is 79.9. The van der Waals surface area contributed by atoms with E-state index in [-0.39, 0.29) is 27.3 Å². The Balaban J connectivity index is 2.16. The fourth-order valence-electron chi connectivity index (χ4n) is 2.10. The summed E-state index contributed by atoms with van der Waals surface area (Å²) in [5.41, 5.74) is 8.55. The van der Waals surface area contributed by atoms with E-state index < -0.39 is 11.6 Å². The molecule has 118 valence electrons. The number of nitrogens with zero attached hydrogens (tertiary/aromatic N) is 2. The van der Waals surface area contributed by atoms with Gasteiger partial charge in [0.25, 0.3) is 0 Å². The largest absolute Gasteiger partial charge is 0.369 e. The molecule has 3 rings (SSSR count). The first kappa shape index (κ1) is 15.4. The third-order valence-electron chi connectivity index (χ3n) is 3.12. The molecule has 3 aromatic rings. The number of halogens is 3. The number of nitrogens with one attached hydrogen (secondary N) is 2. The van der Waals surface area contributed by atoms with Gasteiger partial charge in [0.2, 0.25) is 0 Å². The lowest BCUT2D eigenvalue weighted by Gasteiger charge is -2.07. The first-order valence-corrected chi connectivity index (χ1v) is 7.17. The van der Waals surface area contributed by atoms with Crippen molar-refractivity contribution in [1.29, 1.82) is 0 Å². The zero-order valence-electron chi connectivity index (χ0n) is 11.4. The molecule has 2 aromatic carbocycles. The van der Waals surface area contributed by atoms with Crippen LogP contribution in [0.3, 0.4) is 0 Å². The number of nitrogen functional groups attached to an aromatic ring is 1. The molecule has 1 aromatic heterocycles. The van der Waals surface area contributed by atoms with Gasteiger partial charge in [0.15, 0.2) is 17.6 Å². The molecule has 5 N–H and O–H groups in total. The lowest BCUT2D eigenvalue weighted by molar-refractivity contribution is 0.235. The number of nitrogens with two attached hydrogens (primary N) is 1. The van der Waals surface area contributed by atoms with Crippen molar-refractivity contribution in [2.75, 3.05) is 5.73 Å². The monoisotopic (exact) mass is 381 g/mol.